The molecule has 0 spiro atoms. The SMILES string of the molecule is C1=C2NNCC2Cc2ccccc21. The lowest BCUT2D eigenvalue weighted by molar-refractivity contribution is 0.639. The van der Waals surface area contributed by atoms with Gasteiger partial charge in [-0.05, 0) is 23.6 Å². The summed E-state index contributed by atoms with van der Waals surface area (Å²) in [5.41, 5.74) is 10.6. The average Bonchev–Trinajstić information content (AvgIpc) is 2.61. The first-order valence-electron chi connectivity index (χ1n) is 4.72. The van der Waals surface area contributed by atoms with Crippen molar-refractivity contribution in [1.29, 1.82) is 0 Å². The Hall–Kier alpha value is -1.28. The molecule has 1 aliphatic heterocycles. The predicted molar refractivity (Wildman–Crippen MR) is 52.8 cm³/mol. The van der Waals surface area contributed by atoms with Crippen LogP contribution in [0, 0.1) is 5.92 Å². The van der Waals surface area contributed by atoms with E-state index >= 15 is 0 Å². The van der Waals surface area contributed by atoms with Crippen molar-refractivity contribution in [2.75, 3.05) is 6.54 Å². The Kier molecular flexibility index (Phi) is 1.43. The predicted octanol–water partition coefficient (Wildman–Crippen LogP) is 1.31. The molecule has 2 aliphatic rings. The summed E-state index contributed by atoms with van der Waals surface area (Å²) >= 11 is 0. The molecule has 0 bridgehead atoms. The van der Waals surface area contributed by atoms with Crippen molar-refractivity contribution in [1.82, 2.24) is 10.9 Å². The summed E-state index contributed by atoms with van der Waals surface area (Å²) in [7, 11) is 0. The topological polar surface area (TPSA) is 24.1 Å². The van der Waals surface area contributed by atoms with Gasteiger partial charge < -0.3 is 5.43 Å². The van der Waals surface area contributed by atoms with Gasteiger partial charge in [-0.25, -0.2) is 5.43 Å². The van der Waals surface area contributed by atoms with Crippen molar-refractivity contribution in [3.8, 4) is 0 Å². The van der Waals surface area contributed by atoms with E-state index in [-0.39, 0.29) is 0 Å². The lowest BCUT2D eigenvalue weighted by Gasteiger charge is -2.18. The molecule has 0 saturated carbocycles. The van der Waals surface area contributed by atoms with E-state index < -0.39 is 0 Å². The Balaban J connectivity index is 2.10. The largest absolute Gasteiger partial charge is 0.325 e. The maximum Gasteiger partial charge on any atom is 0.0315 e. The molecule has 1 fully saturated rings. The van der Waals surface area contributed by atoms with Crippen molar-refractivity contribution in [3.05, 3.63) is 41.1 Å². The van der Waals surface area contributed by atoms with E-state index in [1.807, 2.05) is 0 Å². The third kappa shape index (κ3) is 1.06. The summed E-state index contributed by atoms with van der Waals surface area (Å²) in [6.45, 7) is 1.06. The van der Waals surface area contributed by atoms with Crippen molar-refractivity contribution >= 4 is 6.08 Å². The van der Waals surface area contributed by atoms with Gasteiger partial charge in [-0.15, -0.1) is 0 Å². The second-order valence-electron chi connectivity index (χ2n) is 3.71. The third-order valence-electron chi connectivity index (χ3n) is 2.85. The fraction of sp³-hybridized carbons (Fsp3) is 0.273. The molecule has 66 valence electrons. The van der Waals surface area contributed by atoms with Crippen molar-refractivity contribution < 1.29 is 0 Å². The maximum absolute atomic E-state index is 3.21. The van der Waals surface area contributed by atoms with Gasteiger partial charge in [0.2, 0.25) is 0 Å². The normalized spacial score (nSPS) is 24.3. The van der Waals surface area contributed by atoms with Crippen LogP contribution in [0.1, 0.15) is 11.1 Å². The quantitative estimate of drug-likeness (QED) is 0.616. The van der Waals surface area contributed by atoms with Gasteiger partial charge >= 0.3 is 0 Å². The smallest absolute Gasteiger partial charge is 0.0315 e. The molecule has 13 heavy (non-hydrogen) atoms. The Morgan fingerprint density at radius 1 is 1.23 bits per heavy atom. The highest BCUT2D eigenvalue weighted by Gasteiger charge is 2.24. The molecule has 0 aromatic heterocycles. The van der Waals surface area contributed by atoms with Gasteiger partial charge in [0.15, 0.2) is 0 Å². The zero-order valence-corrected chi connectivity index (χ0v) is 7.38. The second-order valence-corrected chi connectivity index (χ2v) is 3.71. The van der Waals surface area contributed by atoms with Crippen LogP contribution in [0.15, 0.2) is 30.0 Å². The Bertz CT molecular complexity index is 368. The number of nitrogens with one attached hydrogen (secondary N) is 2. The molecule has 1 atom stereocenters. The van der Waals surface area contributed by atoms with Gasteiger partial charge in [0.1, 0.15) is 0 Å². The van der Waals surface area contributed by atoms with Crippen molar-refractivity contribution in [3.63, 3.8) is 0 Å². The van der Waals surface area contributed by atoms with E-state index in [0.717, 1.165) is 6.54 Å². The second kappa shape index (κ2) is 2.60. The molecule has 2 heteroatoms. The van der Waals surface area contributed by atoms with Crippen LogP contribution in [0.3, 0.4) is 0 Å². The van der Waals surface area contributed by atoms with Gasteiger partial charge in [-0.3, -0.25) is 0 Å². The molecule has 1 aromatic rings. The molecule has 0 radical (unpaired) electrons. The molecule has 1 aliphatic carbocycles. The van der Waals surface area contributed by atoms with Gasteiger partial charge in [0.05, 0.1) is 0 Å². The average molecular weight is 172 g/mol. The van der Waals surface area contributed by atoms with E-state index in [4.69, 9.17) is 0 Å². The fourth-order valence-corrected chi connectivity index (χ4v) is 2.12. The summed E-state index contributed by atoms with van der Waals surface area (Å²) in [5.74, 6) is 0.662. The molecule has 3 rings (SSSR count). The Labute approximate surface area is 77.6 Å². The minimum absolute atomic E-state index is 0.662. The number of fused-ring (bicyclic) bond motifs is 2. The van der Waals surface area contributed by atoms with Crippen LogP contribution in [0.5, 0.6) is 0 Å². The Morgan fingerprint density at radius 2 is 2.15 bits per heavy atom. The van der Waals surface area contributed by atoms with Gasteiger partial charge in [-0.1, -0.05) is 24.3 Å². The van der Waals surface area contributed by atoms with Gasteiger partial charge in [-0.2, -0.15) is 0 Å². The summed E-state index contributed by atoms with van der Waals surface area (Å²) in [4.78, 5) is 0. The number of benzene rings is 1. The van der Waals surface area contributed by atoms with Gasteiger partial charge in [0.25, 0.3) is 0 Å². The number of rotatable bonds is 0. The molecular weight excluding hydrogens is 160 g/mol. The number of hydrogen-bond donors (Lipinski definition) is 2. The van der Waals surface area contributed by atoms with Crippen molar-refractivity contribution in [2.45, 2.75) is 6.42 Å². The molecule has 1 aromatic carbocycles. The summed E-state index contributed by atoms with van der Waals surface area (Å²) in [6.07, 6.45) is 3.42. The Morgan fingerprint density at radius 3 is 3.15 bits per heavy atom. The highest BCUT2D eigenvalue weighted by Crippen LogP contribution is 2.28. The third-order valence-corrected chi connectivity index (χ3v) is 2.85. The summed E-state index contributed by atoms with van der Waals surface area (Å²) in [6, 6.07) is 8.62. The molecule has 1 heterocycles. The standard InChI is InChI=1S/C11H12N2/c1-2-4-9-6-11-10(7-12-13-11)5-8(9)3-1/h1-4,6,10,12-13H,5,7H2. The van der Waals surface area contributed by atoms with Gasteiger partial charge in [0, 0.05) is 18.2 Å². The van der Waals surface area contributed by atoms with E-state index in [2.05, 4.69) is 41.2 Å². The van der Waals surface area contributed by atoms with Crippen LogP contribution in [0.4, 0.5) is 0 Å². The van der Waals surface area contributed by atoms with Crippen LogP contribution < -0.4 is 10.9 Å². The van der Waals surface area contributed by atoms with E-state index in [0.29, 0.717) is 5.92 Å². The first kappa shape index (κ1) is 7.15. The highest BCUT2D eigenvalue weighted by molar-refractivity contribution is 5.60. The summed E-state index contributed by atoms with van der Waals surface area (Å²) < 4.78 is 0. The maximum atomic E-state index is 3.21. The molecule has 1 saturated heterocycles. The van der Waals surface area contributed by atoms with E-state index in [1.165, 1.54) is 23.2 Å². The van der Waals surface area contributed by atoms with Crippen LogP contribution in [0.2, 0.25) is 0 Å². The molecule has 0 amide bonds. The zero-order valence-electron chi connectivity index (χ0n) is 7.38. The zero-order chi connectivity index (χ0) is 8.67. The molecule has 2 N–H and O–H groups in total. The van der Waals surface area contributed by atoms with E-state index in [9.17, 15) is 0 Å². The molecular formula is C11H12N2. The first-order chi connectivity index (χ1) is 6.43. The molecule has 1 unspecified atom stereocenters. The van der Waals surface area contributed by atoms with Crippen LogP contribution in [0.25, 0.3) is 6.08 Å². The van der Waals surface area contributed by atoms with E-state index in [1.54, 1.807) is 0 Å². The highest BCUT2D eigenvalue weighted by atomic mass is 15.4. The summed E-state index contributed by atoms with van der Waals surface area (Å²) in [5, 5.41) is 0. The number of hydrogen-bond acceptors (Lipinski definition) is 2. The lowest BCUT2D eigenvalue weighted by atomic mass is 9.88. The minimum atomic E-state index is 0.662. The van der Waals surface area contributed by atoms with Crippen LogP contribution in [-0.2, 0) is 6.42 Å². The van der Waals surface area contributed by atoms with Crippen LogP contribution >= 0.6 is 0 Å². The van der Waals surface area contributed by atoms with Crippen molar-refractivity contribution in [2.24, 2.45) is 5.92 Å². The monoisotopic (exact) mass is 172 g/mol. The molecule has 2 nitrogen and oxygen atoms in total. The number of hydrazine groups is 1. The minimum Gasteiger partial charge on any atom is -0.325 e. The fourth-order valence-electron chi connectivity index (χ4n) is 2.12. The lowest BCUT2D eigenvalue weighted by Crippen LogP contribution is -2.20. The first-order valence-corrected chi connectivity index (χ1v) is 4.72. The van der Waals surface area contributed by atoms with Crippen LogP contribution in [-0.4, -0.2) is 6.54 Å².